The summed E-state index contributed by atoms with van der Waals surface area (Å²) >= 11 is 0. The normalized spacial score (nSPS) is 22.3. The number of hydrogen-bond acceptors (Lipinski definition) is 4. The van der Waals surface area contributed by atoms with Gasteiger partial charge in [-0.25, -0.2) is 0 Å². The molecule has 1 aliphatic heterocycles. The lowest BCUT2D eigenvalue weighted by atomic mass is 10.1. The molecule has 90 valence electrons. The molecule has 0 amide bonds. The van der Waals surface area contributed by atoms with Gasteiger partial charge in [-0.15, -0.1) is 0 Å². The molecule has 4 nitrogen and oxygen atoms in total. The summed E-state index contributed by atoms with van der Waals surface area (Å²) in [4.78, 5) is 4.42. The zero-order valence-corrected chi connectivity index (χ0v) is 10.2. The highest BCUT2D eigenvalue weighted by atomic mass is 16.5. The van der Waals surface area contributed by atoms with Crippen molar-refractivity contribution in [1.82, 2.24) is 15.5 Å². The molecule has 16 heavy (non-hydrogen) atoms. The summed E-state index contributed by atoms with van der Waals surface area (Å²) in [5, 5.41) is 7.58. The highest BCUT2D eigenvalue weighted by Gasteiger charge is 2.16. The van der Waals surface area contributed by atoms with Crippen molar-refractivity contribution in [2.45, 2.75) is 57.9 Å². The summed E-state index contributed by atoms with van der Waals surface area (Å²) in [7, 11) is 0. The molecule has 0 aromatic carbocycles. The second kappa shape index (κ2) is 5.43. The topological polar surface area (TPSA) is 51.0 Å². The Labute approximate surface area is 96.8 Å². The smallest absolute Gasteiger partial charge is 0.229 e. The number of nitrogens with zero attached hydrogens (tertiary/aromatic N) is 2. The first kappa shape index (κ1) is 11.6. The van der Waals surface area contributed by atoms with Gasteiger partial charge >= 0.3 is 0 Å². The zero-order chi connectivity index (χ0) is 11.4. The molecule has 1 unspecified atom stereocenters. The summed E-state index contributed by atoms with van der Waals surface area (Å²) in [6, 6.07) is 0.528. The summed E-state index contributed by atoms with van der Waals surface area (Å²) in [6.45, 7) is 5.27. The van der Waals surface area contributed by atoms with Crippen LogP contribution in [-0.4, -0.2) is 22.7 Å². The van der Waals surface area contributed by atoms with E-state index < -0.39 is 0 Å². The van der Waals surface area contributed by atoms with Gasteiger partial charge < -0.3 is 9.84 Å². The van der Waals surface area contributed by atoms with Crippen LogP contribution in [0.1, 0.15) is 57.2 Å². The lowest BCUT2D eigenvalue weighted by Gasteiger charge is -2.12. The lowest BCUT2D eigenvalue weighted by Crippen LogP contribution is -2.30. The van der Waals surface area contributed by atoms with E-state index in [0.717, 1.165) is 24.7 Å². The van der Waals surface area contributed by atoms with Crippen molar-refractivity contribution < 1.29 is 4.52 Å². The molecule has 1 aromatic heterocycles. The van der Waals surface area contributed by atoms with E-state index >= 15 is 0 Å². The fourth-order valence-corrected chi connectivity index (χ4v) is 2.08. The Balaban J connectivity index is 1.91. The van der Waals surface area contributed by atoms with E-state index in [1.165, 1.54) is 25.7 Å². The average molecular weight is 223 g/mol. The molecule has 0 saturated carbocycles. The van der Waals surface area contributed by atoms with Gasteiger partial charge in [0.2, 0.25) is 5.89 Å². The van der Waals surface area contributed by atoms with Crippen LogP contribution >= 0.6 is 0 Å². The standard InChI is InChI=1S/C12H21N3O/c1-9(2)12-14-11(15-16-12)8-10-6-4-3-5-7-13-10/h9-10,13H,3-8H2,1-2H3. The van der Waals surface area contributed by atoms with E-state index in [4.69, 9.17) is 4.52 Å². The van der Waals surface area contributed by atoms with Gasteiger partial charge in [-0.1, -0.05) is 31.8 Å². The summed E-state index contributed by atoms with van der Waals surface area (Å²) < 4.78 is 5.21. The van der Waals surface area contributed by atoms with Crippen molar-refractivity contribution in [1.29, 1.82) is 0 Å². The van der Waals surface area contributed by atoms with Gasteiger partial charge in [-0.2, -0.15) is 4.98 Å². The molecular weight excluding hydrogens is 202 g/mol. The molecule has 2 heterocycles. The van der Waals surface area contributed by atoms with Gasteiger partial charge in [-0.3, -0.25) is 0 Å². The van der Waals surface area contributed by atoms with Gasteiger partial charge in [0.15, 0.2) is 5.82 Å². The minimum Gasteiger partial charge on any atom is -0.339 e. The molecule has 0 spiro atoms. The van der Waals surface area contributed by atoms with Gasteiger partial charge in [-0.05, 0) is 19.4 Å². The van der Waals surface area contributed by atoms with Crippen LogP contribution in [0.25, 0.3) is 0 Å². The Morgan fingerprint density at radius 1 is 1.38 bits per heavy atom. The Kier molecular flexibility index (Phi) is 3.93. The summed E-state index contributed by atoms with van der Waals surface area (Å²) in [5.74, 6) is 1.93. The Morgan fingerprint density at radius 2 is 2.25 bits per heavy atom. The molecule has 1 atom stereocenters. The fraction of sp³-hybridized carbons (Fsp3) is 0.833. The Morgan fingerprint density at radius 3 is 3.00 bits per heavy atom. The molecule has 4 heteroatoms. The van der Waals surface area contributed by atoms with Crippen LogP contribution in [0.2, 0.25) is 0 Å². The van der Waals surface area contributed by atoms with Crippen LogP contribution in [0.4, 0.5) is 0 Å². The first-order valence-electron chi connectivity index (χ1n) is 6.31. The zero-order valence-electron chi connectivity index (χ0n) is 10.2. The van der Waals surface area contributed by atoms with E-state index in [2.05, 4.69) is 29.3 Å². The van der Waals surface area contributed by atoms with Crippen LogP contribution in [0.5, 0.6) is 0 Å². The minimum absolute atomic E-state index is 0.323. The van der Waals surface area contributed by atoms with Crippen molar-refractivity contribution >= 4 is 0 Å². The van der Waals surface area contributed by atoms with Crippen molar-refractivity contribution in [2.75, 3.05) is 6.54 Å². The predicted molar refractivity (Wildman–Crippen MR) is 62.3 cm³/mol. The van der Waals surface area contributed by atoms with Crippen LogP contribution in [0.15, 0.2) is 4.52 Å². The van der Waals surface area contributed by atoms with E-state index in [1.807, 2.05) is 0 Å². The number of nitrogens with one attached hydrogen (secondary N) is 1. The van der Waals surface area contributed by atoms with E-state index in [1.54, 1.807) is 0 Å². The fourth-order valence-electron chi connectivity index (χ4n) is 2.08. The third kappa shape index (κ3) is 3.04. The predicted octanol–water partition coefficient (Wildman–Crippen LogP) is 2.27. The second-order valence-electron chi connectivity index (χ2n) is 4.91. The number of rotatable bonds is 3. The quantitative estimate of drug-likeness (QED) is 0.854. The van der Waals surface area contributed by atoms with E-state index in [9.17, 15) is 0 Å². The second-order valence-corrected chi connectivity index (χ2v) is 4.91. The van der Waals surface area contributed by atoms with Crippen LogP contribution in [0.3, 0.4) is 0 Å². The van der Waals surface area contributed by atoms with Crippen LogP contribution in [-0.2, 0) is 6.42 Å². The SMILES string of the molecule is CC(C)c1nc(CC2CCCCCN2)no1. The first-order valence-corrected chi connectivity index (χ1v) is 6.31. The summed E-state index contributed by atoms with van der Waals surface area (Å²) in [6.07, 6.45) is 6.07. The highest BCUT2D eigenvalue weighted by Crippen LogP contribution is 2.14. The van der Waals surface area contributed by atoms with E-state index in [0.29, 0.717) is 12.0 Å². The van der Waals surface area contributed by atoms with Crippen LogP contribution < -0.4 is 5.32 Å². The van der Waals surface area contributed by atoms with Crippen molar-refractivity contribution in [3.8, 4) is 0 Å². The van der Waals surface area contributed by atoms with Gasteiger partial charge in [0, 0.05) is 18.4 Å². The molecular formula is C12H21N3O. The molecule has 1 saturated heterocycles. The lowest BCUT2D eigenvalue weighted by molar-refractivity contribution is 0.358. The van der Waals surface area contributed by atoms with Crippen LogP contribution in [0, 0.1) is 0 Å². The molecule has 1 aromatic rings. The van der Waals surface area contributed by atoms with Gasteiger partial charge in [0.25, 0.3) is 0 Å². The maximum Gasteiger partial charge on any atom is 0.229 e. The Bertz CT molecular complexity index is 314. The van der Waals surface area contributed by atoms with Crippen molar-refractivity contribution in [2.24, 2.45) is 0 Å². The highest BCUT2D eigenvalue weighted by molar-refractivity contribution is 4.93. The maximum atomic E-state index is 5.21. The molecule has 1 aliphatic rings. The molecule has 1 N–H and O–H groups in total. The molecule has 0 radical (unpaired) electrons. The third-order valence-corrected chi connectivity index (χ3v) is 3.07. The molecule has 0 bridgehead atoms. The number of hydrogen-bond donors (Lipinski definition) is 1. The third-order valence-electron chi connectivity index (χ3n) is 3.07. The van der Waals surface area contributed by atoms with Crippen molar-refractivity contribution in [3.05, 3.63) is 11.7 Å². The largest absolute Gasteiger partial charge is 0.339 e. The maximum absolute atomic E-state index is 5.21. The monoisotopic (exact) mass is 223 g/mol. The first-order chi connectivity index (χ1) is 7.75. The average Bonchev–Trinajstić information content (AvgIpc) is 2.56. The van der Waals surface area contributed by atoms with Gasteiger partial charge in [0.05, 0.1) is 0 Å². The van der Waals surface area contributed by atoms with E-state index in [-0.39, 0.29) is 0 Å². The molecule has 0 aliphatic carbocycles. The van der Waals surface area contributed by atoms with Crippen molar-refractivity contribution in [3.63, 3.8) is 0 Å². The number of aromatic nitrogens is 2. The molecule has 1 fully saturated rings. The minimum atomic E-state index is 0.323. The molecule has 2 rings (SSSR count). The summed E-state index contributed by atoms with van der Waals surface area (Å²) in [5.41, 5.74) is 0. The van der Waals surface area contributed by atoms with Gasteiger partial charge in [0.1, 0.15) is 0 Å². The Hall–Kier alpha value is -0.900.